The number of hydrogen-bond acceptors (Lipinski definition) is 3. The van der Waals surface area contributed by atoms with Gasteiger partial charge in [-0.1, -0.05) is 0 Å². The van der Waals surface area contributed by atoms with Crippen molar-refractivity contribution in [1.82, 2.24) is 19.7 Å². The lowest BCUT2D eigenvalue weighted by molar-refractivity contribution is 0.0511. The summed E-state index contributed by atoms with van der Waals surface area (Å²) in [7, 11) is 0. The number of hydrogen-bond donors (Lipinski definition) is 0. The lowest BCUT2D eigenvalue weighted by Crippen LogP contribution is -2.48. The lowest BCUT2D eigenvalue weighted by Gasteiger charge is -2.44. The van der Waals surface area contributed by atoms with Crippen molar-refractivity contribution >= 4 is 11.6 Å². The molecule has 0 N–H and O–H groups in total. The van der Waals surface area contributed by atoms with Crippen molar-refractivity contribution in [3.8, 4) is 0 Å². The number of aromatic nitrogens is 3. The quantitative estimate of drug-likeness (QED) is 0.702. The molecule has 2 bridgehead atoms. The number of piperidine rings is 3. The second-order valence-corrected chi connectivity index (χ2v) is 4.54. The van der Waals surface area contributed by atoms with E-state index < -0.39 is 0 Å². The minimum atomic E-state index is 0.362. The van der Waals surface area contributed by atoms with Gasteiger partial charge in [0, 0.05) is 6.54 Å². The second kappa shape index (κ2) is 3.21. The Morgan fingerprint density at radius 1 is 1.36 bits per heavy atom. The lowest BCUT2D eigenvalue weighted by atomic mass is 9.84. The standard InChI is InChI=1S/C9H13ClN4/c10-9-11-6-14(12-9)8-5-13-3-1-7(8)2-4-13/h6-8H,1-5H2. The third kappa shape index (κ3) is 1.33. The van der Waals surface area contributed by atoms with Crippen LogP contribution in [0.1, 0.15) is 18.9 Å². The van der Waals surface area contributed by atoms with Crippen LogP contribution in [-0.4, -0.2) is 39.3 Å². The Labute approximate surface area is 87.9 Å². The highest BCUT2D eigenvalue weighted by molar-refractivity contribution is 6.28. The Morgan fingerprint density at radius 2 is 2.14 bits per heavy atom. The summed E-state index contributed by atoms with van der Waals surface area (Å²) in [5.74, 6) is 0.776. The molecular formula is C9H13ClN4. The number of nitrogens with zero attached hydrogens (tertiary/aromatic N) is 4. The zero-order valence-electron chi connectivity index (χ0n) is 7.93. The molecular weight excluding hydrogens is 200 g/mol. The Morgan fingerprint density at radius 3 is 2.64 bits per heavy atom. The molecule has 4 heterocycles. The maximum absolute atomic E-state index is 5.73. The summed E-state index contributed by atoms with van der Waals surface area (Å²) in [4.78, 5) is 6.47. The molecule has 5 heteroatoms. The molecule has 0 saturated carbocycles. The fraction of sp³-hybridized carbons (Fsp3) is 0.778. The smallest absolute Gasteiger partial charge is 0.242 e. The maximum Gasteiger partial charge on any atom is 0.242 e. The van der Waals surface area contributed by atoms with Crippen LogP contribution in [0.25, 0.3) is 0 Å². The molecule has 76 valence electrons. The second-order valence-electron chi connectivity index (χ2n) is 4.20. The summed E-state index contributed by atoms with van der Waals surface area (Å²) in [5, 5.41) is 4.56. The first-order valence-corrected chi connectivity index (χ1v) is 5.50. The molecule has 1 unspecified atom stereocenters. The molecule has 3 aliphatic heterocycles. The summed E-state index contributed by atoms with van der Waals surface area (Å²) in [5.41, 5.74) is 0. The highest BCUT2D eigenvalue weighted by Crippen LogP contribution is 2.34. The first-order chi connectivity index (χ1) is 6.83. The third-order valence-corrected chi connectivity index (χ3v) is 3.62. The zero-order valence-corrected chi connectivity index (χ0v) is 8.69. The molecule has 0 amide bonds. The van der Waals surface area contributed by atoms with Crippen LogP contribution in [0.4, 0.5) is 0 Å². The van der Waals surface area contributed by atoms with Gasteiger partial charge in [-0.3, -0.25) is 0 Å². The summed E-state index contributed by atoms with van der Waals surface area (Å²) in [6.07, 6.45) is 4.35. The fourth-order valence-corrected chi connectivity index (χ4v) is 2.78. The van der Waals surface area contributed by atoms with Gasteiger partial charge < -0.3 is 4.90 Å². The van der Waals surface area contributed by atoms with E-state index in [1.807, 2.05) is 4.68 Å². The summed E-state index contributed by atoms with van der Waals surface area (Å²) in [6, 6.07) is 0.498. The molecule has 3 aliphatic rings. The molecule has 1 atom stereocenters. The topological polar surface area (TPSA) is 34.0 Å². The number of halogens is 1. The Balaban J connectivity index is 1.85. The molecule has 14 heavy (non-hydrogen) atoms. The average molecular weight is 213 g/mol. The zero-order chi connectivity index (χ0) is 9.54. The van der Waals surface area contributed by atoms with Gasteiger partial charge in [0.2, 0.25) is 5.28 Å². The predicted molar refractivity (Wildman–Crippen MR) is 53.2 cm³/mol. The van der Waals surface area contributed by atoms with Crippen molar-refractivity contribution < 1.29 is 0 Å². The molecule has 0 aromatic carbocycles. The normalized spacial score (nSPS) is 36.2. The highest BCUT2D eigenvalue weighted by Gasteiger charge is 2.35. The summed E-state index contributed by atoms with van der Waals surface area (Å²) >= 11 is 5.73. The van der Waals surface area contributed by atoms with Crippen LogP contribution in [0.5, 0.6) is 0 Å². The van der Waals surface area contributed by atoms with Gasteiger partial charge in [0.15, 0.2) is 0 Å². The van der Waals surface area contributed by atoms with Crippen molar-refractivity contribution in [2.24, 2.45) is 5.92 Å². The first kappa shape index (κ1) is 8.68. The van der Waals surface area contributed by atoms with Crippen LogP contribution in [0.15, 0.2) is 6.33 Å². The molecule has 1 aromatic rings. The van der Waals surface area contributed by atoms with E-state index in [4.69, 9.17) is 11.6 Å². The van der Waals surface area contributed by atoms with E-state index in [9.17, 15) is 0 Å². The average Bonchev–Trinajstić information content (AvgIpc) is 2.66. The Hall–Kier alpha value is -0.610. The summed E-state index contributed by atoms with van der Waals surface area (Å²) < 4.78 is 1.94. The largest absolute Gasteiger partial charge is 0.301 e. The minimum absolute atomic E-state index is 0.362. The van der Waals surface area contributed by atoms with Crippen LogP contribution in [0.2, 0.25) is 5.28 Å². The van der Waals surface area contributed by atoms with Gasteiger partial charge >= 0.3 is 0 Å². The van der Waals surface area contributed by atoms with Crippen molar-refractivity contribution in [3.63, 3.8) is 0 Å². The molecule has 3 saturated heterocycles. The predicted octanol–water partition coefficient (Wildman–Crippen LogP) is 1.20. The molecule has 0 aliphatic carbocycles. The highest BCUT2D eigenvalue weighted by atomic mass is 35.5. The first-order valence-electron chi connectivity index (χ1n) is 5.12. The van der Waals surface area contributed by atoms with Crippen molar-refractivity contribution in [3.05, 3.63) is 11.6 Å². The van der Waals surface area contributed by atoms with E-state index in [0.717, 1.165) is 12.5 Å². The molecule has 3 fully saturated rings. The van der Waals surface area contributed by atoms with Crippen molar-refractivity contribution in [2.45, 2.75) is 18.9 Å². The van der Waals surface area contributed by atoms with Gasteiger partial charge in [0.25, 0.3) is 0 Å². The van der Waals surface area contributed by atoms with E-state index in [2.05, 4.69) is 15.0 Å². The number of fused-ring (bicyclic) bond motifs is 3. The van der Waals surface area contributed by atoms with E-state index in [1.54, 1.807) is 6.33 Å². The summed E-state index contributed by atoms with van der Waals surface area (Å²) in [6.45, 7) is 3.62. The Bertz CT molecular complexity index is 329. The van der Waals surface area contributed by atoms with Gasteiger partial charge in [-0.25, -0.2) is 9.67 Å². The number of rotatable bonds is 1. The van der Waals surface area contributed by atoms with Crippen molar-refractivity contribution in [1.29, 1.82) is 0 Å². The van der Waals surface area contributed by atoms with Gasteiger partial charge in [-0.2, -0.15) is 0 Å². The third-order valence-electron chi connectivity index (χ3n) is 3.44. The van der Waals surface area contributed by atoms with E-state index in [1.165, 1.54) is 25.9 Å². The van der Waals surface area contributed by atoms with Gasteiger partial charge in [-0.05, 0) is 43.5 Å². The van der Waals surface area contributed by atoms with Gasteiger partial charge in [0.05, 0.1) is 6.04 Å². The van der Waals surface area contributed by atoms with Gasteiger partial charge in [0.1, 0.15) is 6.33 Å². The van der Waals surface area contributed by atoms with Crippen LogP contribution >= 0.6 is 11.6 Å². The van der Waals surface area contributed by atoms with Crippen LogP contribution in [0.3, 0.4) is 0 Å². The van der Waals surface area contributed by atoms with E-state index in [0.29, 0.717) is 11.3 Å². The van der Waals surface area contributed by atoms with Crippen molar-refractivity contribution in [2.75, 3.05) is 19.6 Å². The van der Waals surface area contributed by atoms with Gasteiger partial charge in [-0.15, -0.1) is 5.10 Å². The SMILES string of the molecule is Clc1ncn(C2CN3CCC2CC3)n1. The van der Waals surface area contributed by atoms with Crippen LogP contribution in [-0.2, 0) is 0 Å². The molecule has 4 rings (SSSR count). The maximum atomic E-state index is 5.73. The Kier molecular flexibility index (Phi) is 1.99. The molecule has 0 radical (unpaired) electrons. The monoisotopic (exact) mass is 212 g/mol. The van der Waals surface area contributed by atoms with Crippen LogP contribution in [0, 0.1) is 5.92 Å². The van der Waals surface area contributed by atoms with E-state index >= 15 is 0 Å². The fourth-order valence-electron chi connectivity index (χ4n) is 2.65. The van der Waals surface area contributed by atoms with Crippen LogP contribution < -0.4 is 0 Å². The minimum Gasteiger partial charge on any atom is -0.301 e. The molecule has 1 aromatic heterocycles. The molecule has 4 nitrogen and oxygen atoms in total. The van der Waals surface area contributed by atoms with E-state index in [-0.39, 0.29) is 0 Å². The molecule has 0 spiro atoms.